The van der Waals surface area contributed by atoms with E-state index in [2.05, 4.69) is 29.4 Å². The second-order valence-corrected chi connectivity index (χ2v) is 14.0. The molecule has 2 N–H and O–H groups in total. The summed E-state index contributed by atoms with van der Waals surface area (Å²) in [6.07, 6.45) is 6.14. The third kappa shape index (κ3) is 9.03. The molecule has 4 amide bonds. The smallest absolute Gasteiger partial charge is 0.249 e. The number of nitrogens with zero attached hydrogens (tertiary/aromatic N) is 3. The second-order valence-electron chi connectivity index (χ2n) is 14.0. The largest absolute Gasteiger partial charge is 0.352 e. The van der Waals surface area contributed by atoms with Crippen molar-refractivity contribution in [2.45, 2.75) is 138 Å². The molecular formula is C32H57N5O4. The Kier molecular flexibility index (Phi) is 12.4. The van der Waals surface area contributed by atoms with Crippen molar-refractivity contribution in [3.05, 3.63) is 11.6 Å². The van der Waals surface area contributed by atoms with Gasteiger partial charge in [-0.05, 0) is 78.2 Å². The highest BCUT2D eigenvalue weighted by molar-refractivity contribution is 5.97. The molecule has 0 aromatic heterocycles. The number of likely N-dealkylation sites (N-methyl/N-ethyl adjacent to an activating group) is 1. The molecule has 0 aliphatic carbocycles. The minimum Gasteiger partial charge on any atom is -0.352 e. The number of likely N-dealkylation sites (tertiary alicyclic amines) is 2. The summed E-state index contributed by atoms with van der Waals surface area (Å²) >= 11 is 0. The molecule has 2 fully saturated rings. The van der Waals surface area contributed by atoms with Crippen LogP contribution in [0.2, 0.25) is 0 Å². The predicted molar refractivity (Wildman–Crippen MR) is 164 cm³/mol. The van der Waals surface area contributed by atoms with Gasteiger partial charge in [-0.1, -0.05) is 47.1 Å². The Morgan fingerprint density at radius 3 is 1.98 bits per heavy atom. The lowest BCUT2D eigenvalue weighted by atomic mass is 9.84. The third-order valence-corrected chi connectivity index (χ3v) is 8.39. The molecule has 0 unspecified atom stereocenters. The lowest BCUT2D eigenvalue weighted by Gasteiger charge is -2.41. The van der Waals surface area contributed by atoms with Crippen molar-refractivity contribution in [2.75, 3.05) is 20.1 Å². The van der Waals surface area contributed by atoms with E-state index in [1.807, 2.05) is 54.5 Å². The maximum Gasteiger partial charge on any atom is 0.249 e. The molecule has 41 heavy (non-hydrogen) atoms. The van der Waals surface area contributed by atoms with Crippen LogP contribution in [-0.4, -0.2) is 94.7 Å². The van der Waals surface area contributed by atoms with Crippen LogP contribution in [-0.2, 0) is 19.2 Å². The van der Waals surface area contributed by atoms with E-state index in [0.29, 0.717) is 18.5 Å². The standard InChI is InChI=1S/C32H57N5O4/c1-20(2)26(19-23(7)30(40)37-18-14-16-25(37)28(38)33-21(3)4)35(11)31(41)27(32(8,9)10)34-29(39)24-15-12-13-17-36(24)22(5)6/h19-22,24-27H,12-18H2,1-11H3,(H,33,38)(H,34,39)/b23-19+/t24-,25+,26-,27-/m1/s1. The molecule has 0 aromatic rings. The lowest BCUT2D eigenvalue weighted by molar-refractivity contribution is -0.142. The number of piperidine rings is 1. The van der Waals surface area contributed by atoms with Gasteiger partial charge in [0.05, 0.1) is 12.1 Å². The first-order valence-electron chi connectivity index (χ1n) is 15.6. The van der Waals surface area contributed by atoms with Crippen LogP contribution in [0.25, 0.3) is 0 Å². The molecule has 2 saturated heterocycles. The molecule has 0 saturated carbocycles. The summed E-state index contributed by atoms with van der Waals surface area (Å²) in [5.41, 5.74) is -0.000204. The van der Waals surface area contributed by atoms with Gasteiger partial charge in [0.25, 0.3) is 0 Å². The van der Waals surface area contributed by atoms with Crippen molar-refractivity contribution in [1.29, 1.82) is 0 Å². The minimum absolute atomic E-state index is 0.00415. The van der Waals surface area contributed by atoms with E-state index in [4.69, 9.17) is 0 Å². The zero-order valence-corrected chi connectivity index (χ0v) is 27.5. The number of hydrogen-bond acceptors (Lipinski definition) is 5. The van der Waals surface area contributed by atoms with Crippen molar-refractivity contribution >= 4 is 23.6 Å². The van der Waals surface area contributed by atoms with Crippen LogP contribution in [0, 0.1) is 11.3 Å². The summed E-state index contributed by atoms with van der Waals surface area (Å²) < 4.78 is 0. The van der Waals surface area contributed by atoms with Crippen LogP contribution >= 0.6 is 0 Å². The maximum atomic E-state index is 14.0. The van der Waals surface area contributed by atoms with Gasteiger partial charge in [0.2, 0.25) is 23.6 Å². The first-order valence-corrected chi connectivity index (χ1v) is 15.6. The highest BCUT2D eigenvalue weighted by Crippen LogP contribution is 2.27. The van der Waals surface area contributed by atoms with Gasteiger partial charge in [0.1, 0.15) is 12.1 Å². The number of carbonyl (C=O) groups is 4. The van der Waals surface area contributed by atoms with Crippen LogP contribution in [0.4, 0.5) is 0 Å². The summed E-state index contributed by atoms with van der Waals surface area (Å²) in [4.78, 5) is 59.4. The summed E-state index contributed by atoms with van der Waals surface area (Å²) in [7, 11) is 1.75. The fraction of sp³-hybridized carbons (Fsp3) is 0.812. The van der Waals surface area contributed by atoms with Crippen LogP contribution in [0.3, 0.4) is 0 Å². The van der Waals surface area contributed by atoms with Crippen molar-refractivity contribution in [3.8, 4) is 0 Å². The predicted octanol–water partition coefficient (Wildman–Crippen LogP) is 3.73. The molecule has 2 aliphatic heterocycles. The fourth-order valence-corrected chi connectivity index (χ4v) is 6.06. The average Bonchev–Trinajstić information content (AvgIpc) is 3.37. The summed E-state index contributed by atoms with van der Waals surface area (Å²) in [6.45, 7) is 21.2. The van der Waals surface area contributed by atoms with Gasteiger partial charge >= 0.3 is 0 Å². The molecule has 4 atom stereocenters. The number of nitrogens with one attached hydrogen (secondary N) is 2. The molecular weight excluding hydrogens is 518 g/mol. The lowest BCUT2D eigenvalue weighted by Crippen LogP contribution is -2.60. The van der Waals surface area contributed by atoms with E-state index in [0.717, 1.165) is 32.2 Å². The monoisotopic (exact) mass is 575 g/mol. The van der Waals surface area contributed by atoms with Gasteiger partial charge in [-0.3, -0.25) is 24.1 Å². The van der Waals surface area contributed by atoms with Gasteiger partial charge in [-0.15, -0.1) is 0 Å². The van der Waals surface area contributed by atoms with E-state index in [9.17, 15) is 19.2 Å². The topological polar surface area (TPSA) is 102 Å². The summed E-state index contributed by atoms with van der Waals surface area (Å²) in [5, 5.41) is 6.06. The van der Waals surface area contributed by atoms with Gasteiger partial charge in [0, 0.05) is 31.2 Å². The molecule has 9 heteroatoms. The van der Waals surface area contributed by atoms with Crippen LogP contribution in [0.1, 0.15) is 101 Å². The maximum absolute atomic E-state index is 14.0. The highest BCUT2D eigenvalue weighted by atomic mass is 16.2. The van der Waals surface area contributed by atoms with Crippen molar-refractivity contribution in [2.24, 2.45) is 11.3 Å². The van der Waals surface area contributed by atoms with Gasteiger partial charge in [-0.25, -0.2) is 0 Å². The first kappa shape index (κ1) is 34.8. The Balaban J connectivity index is 2.26. The van der Waals surface area contributed by atoms with E-state index in [-0.39, 0.29) is 53.7 Å². The average molecular weight is 576 g/mol. The van der Waals surface area contributed by atoms with E-state index in [1.165, 1.54) is 0 Å². The third-order valence-electron chi connectivity index (χ3n) is 8.39. The van der Waals surface area contributed by atoms with Crippen LogP contribution < -0.4 is 10.6 Å². The number of rotatable bonds is 10. The number of amides is 4. The van der Waals surface area contributed by atoms with E-state index < -0.39 is 17.5 Å². The quantitative estimate of drug-likeness (QED) is 0.387. The minimum atomic E-state index is -0.718. The second kappa shape index (κ2) is 14.7. The zero-order chi connectivity index (χ0) is 31.2. The zero-order valence-electron chi connectivity index (χ0n) is 27.5. The fourth-order valence-electron chi connectivity index (χ4n) is 6.06. The molecule has 0 bridgehead atoms. The Hall–Kier alpha value is -2.42. The van der Waals surface area contributed by atoms with Crippen molar-refractivity contribution in [3.63, 3.8) is 0 Å². The highest BCUT2D eigenvalue weighted by Gasteiger charge is 2.40. The summed E-state index contributed by atoms with van der Waals surface area (Å²) in [5.74, 6) is -0.545. The normalized spacial score (nSPS) is 22.2. The molecule has 234 valence electrons. The van der Waals surface area contributed by atoms with Gasteiger partial charge < -0.3 is 20.4 Å². The van der Waals surface area contributed by atoms with Crippen LogP contribution in [0.15, 0.2) is 11.6 Å². The van der Waals surface area contributed by atoms with Gasteiger partial charge in [-0.2, -0.15) is 0 Å². The number of hydrogen-bond donors (Lipinski definition) is 2. The van der Waals surface area contributed by atoms with E-state index >= 15 is 0 Å². The van der Waals surface area contributed by atoms with Gasteiger partial charge in [0.15, 0.2) is 0 Å². The molecule has 9 nitrogen and oxygen atoms in total. The van der Waals surface area contributed by atoms with Crippen molar-refractivity contribution < 1.29 is 19.2 Å². The SMILES string of the molecule is C/C(=C\[C@H](C(C)C)N(C)C(=O)[C@@H](NC(=O)[C@H]1CCCCN1C(C)C)C(C)(C)C)C(=O)N1CCC[C@H]1C(=O)NC(C)C. The Labute approximate surface area is 248 Å². The summed E-state index contributed by atoms with van der Waals surface area (Å²) in [6, 6.07) is -1.54. The Morgan fingerprint density at radius 1 is 0.854 bits per heavy atom. The molecule has 0 spiro atoms. The molecule has 2 rings (SSSR count). The Morgan fingerprint density at radius 2 is 1.44 bits per heavy atom. The first-order chi connectivity index (χ1) is 19.0. The molecule has 2 heterocycles. The van der Waals surface area contributed by atoms with Crippen molar-refractivity contribution in [1.82, 2.24) is 25.3 Å². The molecule has 2 aliphatic rings. The molecule has 0 aromatic carbocycles. The number of carbonyl (C=O) groups excluding carboxylic acids is 4. The Bertz CT molecular complexity index is 968. The van der Waals surface area contributed by atoms with Crippen LogP contribution in [0.5, 0.6) is 0 Å². The van der Waals surface area contributed by atoms with E-state index in [1.54, 1.807) is 23.8 Å². The molecule has 0 radical (unpaired) electrons.